The number of H-pyrrole nitrogens is 1. The normalized spacial score (nSPS) is 11.1. The fraction of sp³-hybridized carbons (Fsp3) is 0.0870. The Bertz CT molecular complexity index is 1260. The highest BCUT2D eigenvalue weighted by Crippen LogP contribution is 2.29. The lowest BCUT2D eigenvalue weighted by molar-refractivity contribution is 0.301. The van der Waals surface area contributed by atoms with Crippen molar-refractivity contribution in [3.8, 4) is 28.0 Å². The van der Waals surface area contributed by atoms with Gasteiger partial charge in [-0.2, -0.15) is 5.10 Å². The highest BCUT2D eigenvalue weighted by molar-refractivity contribution is 5.92. The molecule has 3 aromatic heterocycles. The highest BCUT2D eigenvalue weighted by atomic mass is 16.5. The number of aromatic amines is 1. The number of fused-ring (bicyclic) bond motifs is 1. The molecule has 5 rings (SSSR count). The average Bonchev–Trinajstić information content (AvgIpc) is 3.40. The van der Waals surface area contributed by atoms with Crippen molar-refractivity contribution in [3.63, 3.8) is 0 Å². The van der Waals surface area contributed by atoms with Crippen LogP contribution in [0.25, 0.3) is 33.3 Å². The molecule has 0 spiro atoms. The lowest BCUT2D eigenvalue weighted by atomic mass is 10.0. The van der Waals surface area contributed by atoms with Crippen molar-refractivity contribution in [2.75, 3.05) is 0 Å². The number of rotatable bonds is 5. The van der Waals surface area contributed by atoms with Crippen LogP contribution in [0.2, 0.25) is 0 Å². The zero-order valence-corrected chi connectivity index (χ0v) is 15.9. The van der Waals surface area contributed by atoms with Crippen molar-refractivity contribution in [1.82, 2.24) is 24.7 Å². The third-order valence-electron chi connectivity index (χ3n) is 5.01. The number of aromatic nitrogens is 5. The number of nitrogens with zero attached hydrogens (tertiary/aromatic N) is 4. The summed E-state index contributed by atoms with van der Waals surface area (Å²) in [6.07, 6.45) is 7.27. The van der Waals surface area contributed by atoms with Crippen LogP contribution >= 0.6 is 0 Å². The molecule has 0 saturated carbocycles. The maximum absolute atomic E-state index is 5.98. The van der Waals surface area contributed by atoms with Crippen molar-refractivity contribution in [2.24, 2.45) is 7.05 Å². The van der Waals surface area contributed by atoms with Crippen LogP contribution in [-0.2, 0) is 13.7 Å². The summed E-state index contributed by atoms with van der Waals surface area (Å²) < 4.78 is 8.01. The number of hydrogen-bond donors (Lipinski definition) is 1. The van der Waals surface area contributed by atoms with E-state index < -0.39 is 0 Å². The van der Waals surface area contributed by atoms with Gasteiger partial charge in [0.05, 0.1) is 17.4 Å². The van der Waals surface area contributed by atoms with Gasteiger partial charge in [-0.05, 0) is 41.5 Å². The number of para-hydroxylation sites is 1. The van der Waals surface area contributed by atoms with Crippen LogP contribution in [-0.4, -0.2) is 24.7 Å². The van der Waals surface area contributed by atoms with Gasteiger partial charge in [0.15, 0.2) is 0 Å². The summed E-state index contributed by atoms with van der Waals surface area (Å²) in [6, 6.07) is 18.2. The van der Waals surface area contributed by atoms with Gasteiger partial charge in [-0.1, -0.05) is 24.3 Å². The van der Waals surface area contributed by atoms with Gasteiger partial charge in [0.1, 0.15) is 18.1 Å². The Morgan fingerprint density at radius 2 is 1.72 bits per heavy atom. The monoisotopic (exact) mass is 381 g/mol. The van der Waals surface area contributed by atoms with E-state index in [1.165, 1.54) is 0 Å². The number of aryl methyl sites for hydroxylation is 1. The van der Waals surface area contributed by atoms with E-state index in [-0.39, 0.29) is 0 Å². The second-order valence-corrected chi connectivity index (χ2v) is 6.82. The summed E-state index contributed by atoms with van der Waals surface area (Å²) >= 11 is 0. The quantitative estimate of drug-likeness (QED) is 0.483. The first-order valence-corrected chi connectivity index (χ1v) is 9.36. The minimum Gasteiger partial charge on any atom is -0.487 e. The summed E-state index contributed by atoms with van der Waals surface area (Å²) in [5.74, 6) is 0.797. The predicted molar refractivity (Wildman–Crippen MR) is 112 cm³/mol. The predicted octanol–water partition coefficient (Wildman–Crippen LogP) is 4.60. The smallest absolute Gasteiger partial charge is 0.133 e. The first-order chi connectivity index (χ1) is 14.3. The highest BCUT2D eigenvalue weighted by Gasteiger charge is 2.10. The Morgan fingerprint density at radius 1 is 0.931 bits per heavy atom. The van der Waals surface area contributed by atoms with E-state index in [1.807, 2.05) is 48.4 Å². The Balaban J connectivity index is 1.35. The van der Waals surface area contributed by atoms with Crippen LogP contribution in [0.5, 0.6) is 5.75 Å². The standard InChI is InChI=1S/C23H19N5O/c1-28-15-25-23-19(3-2-4-22(23)28)16-5-7-18(8-6-16)29-14-21-20(13-26-27-21)17-9-11-24-12-10-17/h2-13,15H,14H2,1H3,(H,26,27). The van der Waals surface area contributed by atoms with Crippen molar-refractivity contribution >= 4 is 11.0 Å². The van der Waals surface area contributed by atoms with E-state index in [4.69, 9.17) is 4.74 Å². The van der Waals surface area contributed by atoms with Gasteiger partial charge < -0.3 is 9.30 Å². The lowest BCUT2D eigenvalue weighted by Crippen LogP contribution is -1.98. The van der Waals surface area contributed by atoms with E-state index in [0.29, 0.717) is 6.61 Å². The molecular weight excluding hydrogens is 362 g/mol. The van der Waals surface area contributed by atoms with Crippen LogP contribution in [0.4, 0.5) is 0 Å². The summed E-state index contributed by atoms with van der Waals surface area (Å²) in [5.41, 5.74) is 7.28. The van der Waals surface area contributed by atoms with E-state index >= 15 is 0 Å². The molecule has 0 unspecified atom stereocenters. The van der Waals surface area contributed by atoms with Gasteiger partial charge in [0.25, 0.3) is 0 Å². The molecule has 0 atom stereocenters. The topological polar surface area (TPSA) is 68.6 Å². The molecule has 0 aliphatic carbocycles. The number of nitrogens with one attached hydrogen (secondary N) is 1. The summed E-state index contributed by atoms with van der Waals surface area (Å²) in [4.78, 5) is 8.61. The number of pyridine rings is 1. The molecule has 0 aliphatic heterocycles. The van der Waals surface area contributed by atoms with Gasteiger partial charge in [-0.25, -0.2) is 4.98 Å². The maximum Gasteiger partial charge on any atom is 0.133 e. The molecule has 0 saturated heterocycles. The van der Waals surface area contributed by atoms with Crippen LogP contribution < -0.4 is 4.74 Å². The Labute approximate surface area is 167 Å². The zero-order valence-electron chi connectivity index (χ0n) is 15.9. The van der Waals surface area contributed by atoms with Crippen molar-refractivity contribution in [1.29, 1.82) is 0 Å². The Morgan fingerprint density at radius 3 is 2.55 bits per heavy atom. The van der Waals surface area contributed by atoms with Crippen molar-refractivity contribution in [3.05, 3.63) is 85.2 Å². The molecular formula is C23H19N5O. The maximum atomic E-state index is 5.98. The molecule has 0 bridgehead atoms. The third-order valence-corrected chi connectivity index (χ3v) is 5.01. The van der Waals surface area contributed by atoms with E-state index in [2.05, 4.69) is 50.5 Å². The van der Waals surface area contributed by atoms with Crippen LogP contribution in [0.15, 0.2) is 79.5 Å². The summed E-state index contributed by atoms with van der Waals surface area (Å²) in [5, 5.41) is 7.25. The molecule has 0 amide bonds. The average molecular weight is 381 g/mol. The molecule has 6 nitrogen and oxygen atoms in total. The number of benzene rings is 2. The fourth-order valence-corrected chi connectivity index (χ4v) is 3.48. The largest absolute Gasteiger partial charge is 0.487 e. The second-order valence-electron chi connectivity index (χ2n) is 6.82. The lowest BCUT2D eigenvalue weighted by Gasteiger charge is -2.08. The summed E-state index contributed by atoms with van der Waals surface area (Å²) in [6.45, 7) is 0.385. The molecule has 29 heavy (non-hydrogen) atoms. The SMILES string of the molecule is Cn1cnc2c(-c3ccc(OCc4n[nH]cc4-c4ccncc4)cc3)cccc21. The first kappa shape index (κ1) is 17.2. The van der Waals surface area contributed by atoms with Gasteiger partial charge in [-0.15, -0.1) is 0 Å². The Kier molecular flexibility index (Phi) is 4.29. The van der Waals surface area contributed by atoms with E-state index in [9.17, 15) is 0 Å². The second kappa shape index (κ2) is 7.24. The molecule has 142 valence electrons. The molecule has 1 N–H and O–H groups in total. The van der Waals surface area contributed by atoms with Gasteiger partial charge in [0.2, 0.25) is 0 Å². The molecule has 0 aliphatic rings. The summed E-state index contributed by atoms with van der Waals surface area (Å²) in [7, 11) is 2.01. The number of imidazole rings is 1. The fourth-order valence-electron chi connectivity index (χ4n) is 3.48. The van der Waals surface area contributed by atoms with Crippen molar-refractivity contribution in [2.45, 2.75) is 6.61 Å². The van der Waals surface area contributed by atoms with Gasteiger partial charge in [-0.3, -0.25) is 10.1 Å². The van der Waals surface area contributed by atoms with Crippen LogP contribution in [0, 0.1) is 0 Å². The number of ether oxygens (including phenoxy) is 1. The molecule has 3 heterocycles. The minimum atomic E-state index is 0.385. The molecule has 0 radical (unpaired) electrons. The van der Waals surface area contributed by atoms with Crippen LogP contribution in [0.1, 0.15) is 5.69 Å². The van der Waals surface area contributed by atoms with Gasteiger partial charge in [0, 0.05) is 36.8 Å². The minimum absolute atomic E-state index is 0.385. The van der Waals surface area contributed by atoms with E-state index in [0.717, 1.165) is 44.7 Å². The molecule has 6 heteroatoms. The van der Waals surface area contributed by atoms with Crippen molar-refractivity contribution < 1.29 is 4.74 Å². The molecule has 2 aromatic carbocycles. The Hall–Kier alpha value is -3.93. The van der Waals surface area contributed by atoms with Crippen LogP contribution in [0.3, 0.4) is 0 Å². The first-order valence-electron chi connectivity index (χ1n) is 9.36. The molecule has 0 fully saturated rings. The number of hydrogen-bond acceptors (Lipinski definition) is 4. The molecule has 5 aromatic rings. The van der Waals surface area contributed by atoms with Gasteiger partial charge >= 0.3 is 0 Å². The van der Waals surface area contributed by atoms with E-state index in [1.54, 1.807) is 12.4 Å². The third kappa shape index (κ3) is 3.25. The zero-order chi connectivity index (χ0) is 19.6.